The molecule has 115 heavy (non-hydrogen) atoms. The third-order valence-corrected chi connectivity index (χ3v) is 22.6. The van der Waals surface area contributed by atoms with Gasteiger partial charge in [0.1, 0.15) is 24.2 Å². The van der Waals surface area contributed by atoms with Crippen LogP contribution in [0.3, 0.4) is 0 Å². The number of hydrogen-bond donors (Lipinski definition) is 6. The first-order valence-corrected chi connectivity index (χ1v) is 40.8. The molecule has 6 N–H and O–H groups in total. The third kappa shape index (κ3) is 21.3. The van der Waals surface area contributed by atoms with E-state index >= 15 is 0 Å². The summed E-state index contributed by atoms with van der Waals surface area (Å²) in [4.78, 5) is 174. The lowest BCUT2D eigenvalue weighted by molar-refractivity contribution is -0.141. The lowest BCUT2D eigenvalue weighted by Crippen LogP contribution is -2.53. The number of methoxy groups -OCH3 is 2. The molecule has 2 unspecified atom stereocenters. The molecule has 3 fully saturated rings. The van der Waals surface area contributed by atoms with E-state index in [4.69, 9.17) is 28.9 Å². The molecule has 6 heterocycles. The number of hydrogen-bond acceptors (Lipinski definition) is 18. The minimum Gasteiger partial charge on any atom is -0.493 e. The van der Waals surface area contributed by atoms with Crippen LogP contribution in [0.2, 0.25) is 0 Å². The Bertz CT molecular complexity index is 4420. The fourth-order valence-electron chi connectivity index (χ4n) is 15.8. The molecular weight excluding hydrogens is 1470 g/mol. The van der Waals surface area contributed by atoms with E-state index in [1.54, 1.807) is 118 Å². The first-order valence-electron chi connectivity index (χ1n) is 40.8. The van der Waals surface area contributed by atoms with Gasteiger partial charge in [0, 0.05) is 112 Å². The predicted molar refractivity (Wildman–Crippen MR) is 435 cm³/mol. The molecular formula is C87H110N12O16. The Morgan fingerprint density at radius 3 is 1.30 bits per heavy atom. The summed E-state index contributed by atoms with van der Waals surface area (Å²) in [5, 5.41) is 16.8. The number of benzene rings is 4. The highest BCUT2D eigenvalue weighted by Gasteiger charge is 2.43. The molecule has 6 aliphatic heterocycles. The van der Waals surface area contributed by atoms with Crippen molar-refractivity contribution in [1.29, 1.82) is 0 Å². The van der Waals surface area contributed by atoms with E-state index in [0.717, 1.165) is 48.0 Å². The van der Waals surface area contributed by atoms with Crippen LogP contribution in [-0.2, 0) is 47.9 Å². The number of anilines is 2. The van der Waals surface area contributed by atoms with Crippen molar-refractivity contribution in [2.75, 3.05) is 51.2 Å². The van der Waals surface area contributed by atoms with Crippen LogP contribution in [0.25, 0.3) is 11.1 Å². The summed E-state index contributed by atoms with van der Waals surface area (Å²) in [5.74, 6) is -2.93. The van der Waals surface area contributed by atoms with Crippen molar-refractivity contribution in [2.45, 2.75) is 220 Å². The normalized spacial score (nSPS) is 19.8. The Hall–Kier alpha value is -11.1. The topological polar surface area (TPSA) is 352 Å². The standard InChI is InChI=1S/C87H110N12O16/c1-51(2)78(94-74(100)25-18-14-20-35-96-76(102)39-53(5)84(96)108)82(106)90-54(6)80(104)92-61-31-27-56(28-32-61)59-40-63-47-88-68-45-72(70(112-8)42-66(68)86(110)98(63)49-59)114-37-22-38-115-73-46-69-67(43-71(73)113-9)87(111)99-50-60(41-64(99)48-89-69)57-29-33-62(34-30-57)93-81(105)55(7)91-83(107)79(52(3)4)95-75(101)26-19-15-21-36-97-77(103)44-65(85(97)109)58-23-16-12-10-11-13-17-24-58/h27-34,42-43,45-55,58,63-65,78-79H,10-26,35-41,44H2,1-9H3,(H,90,106)(H,91,107)(H,92,104)(H,93,105)(H,94,100)(H,95,101)/t53?,54-,55-,63-,64-,65?,78-,79-/m0/s1. The molecule has 28 nitrogen and oxygen atoms in total. The van der Waals surface area contributed by atoms with E-state index in [1.165, 1.54) is 49.7 Å². The van der Waals surface area contributed by atoms with Crippen LogP contribution in [0, 0.1) is 29.6 Å². The summed E-state index contributed by atoms with van der Waals surface area (Å²) in [7, 11) is 2.98. The highest BCUT2D eigenvalue weighted by molar-refractivity contribution is 6.08. The van der Waals surface area contributed by atoms with E-state index in [0.29, 0.717) is 134 Å². The van der Waals surface area contributed by atoms with E-state index in [2.05, 4.69) is 31.9 Å². The molecule has 0 bridgehead atoms. The maximum atomic E-state index is 14.3. The Labute approximate surface area is 672 Å². The fraction of sp³-hybridized carbons (Fsp3) is 0.517. The average Bonchev–Trinajstić information content (AvgIpc) is 1.66. The van der Waals surface area contributed by atoms with E-state index < -0.39 is 53.8 Å². The number of rotatable bonds is 35. The van der Waals surface area contributed by atoms with Gasteiger partial charge in [0.15, 0.2) is 23.0 Å². The molecule has 4 aromatic rings. The smallest absolute Gasteiger partial charge is 0.260 e. The van der Waals surface area contributed by atoms with Gasteiger partial charge in [-0.3, -0.25) is 77.3 Å². The second kappa shape index (κ2) is 39.3. The summed E-state index contributed by atoms with van der Waals surface area (Å²) >= 11 is 0. The maximum absolute atomic E-state index is 14.3. The second-order valence-corrected chi connectivity index (χ2v) is 31.9. The average molecular weight is 1580 g/mol. The van der Waals surface area contributed by atoms with Crippen LogP contribution in [0.15, 0.2) is 95.2 Å². The summed E-state index contributed by atoms with van der Waals surface area (Å²) in [6, 6.07) is 16.5. The number of carbonyl (C=O) groups excluding carboxylic acids is 12. The molecule has 1 aliphatic carbocycles. The molecule has 0 radical (unpaired) electrons. The van der Waals surface area contributed by atoms with Crippen molar-refractivity contribution in [3.05, 3.63) is 107 Å². The van der Waals surface area contributed by atoms with Gasteiger partial charge in [0.25, 0.3) is 11.8 Å². The van der Waals surface area contributed by atoms with Gasteiger partial charge in [-0.15, -0.1) is 0 Å². The Balaban J connectivity index is 0.593. The quantitative estimate of drug-likeness (QED) is 0.0184. The molecule has 614 valence electrons. The van der Waals surface area contributed by atoms with Crippen molar-refractivity contribution < 1.29 is 76.5 Å². The van der Waals surface area contributed by atoms with Crippen molar-refractivity contribution in [3.8, 4) is 23.0 Å². The number of fused-ring (bicyclic) bond motifs is 4. The van der Waals surface area contributed by atoms with Crippen molar-refractivity contribution in [1.82, 2.24) is 40.9 Å². The Morgan fingerprint density at radius 2 is 0.887 bits per heavy atom. The monoisotopic (exact) mass is 1580 g/mol. The number of nitrogens with one attached hydrogen (secondary N) is 6. The van der Waals surface area contributed by atoms with Crippen LogP contribution in [0.1, 0.15) is 215 Å². The van der Waals surface area contributed by atoms with Gasteiger partial charge >= 0.3 is 0 Å². The minimum absolute atomic E-state index is 0.0381. The van der Waals surface area contributed by atoms with Gasteiger partial charge < -0.3 is 60.6 Å². The van der Waals surface area contributed by atoms with Crippen molar-refractivity contribution >= 4 is 117 Å². The van der Waals surface area contributed by atoms with Crippen LogP contribution in [0.5, 0.6) is 23.0 Å². The highest BCUT2D eigenvalue weighted by Crippen LogP contribution is 2.43. The first-order chi connectivity index (χ1) is 55.3. The number of unbranched alkanes of at least 4 members (excludes halogenated alkanes) is 4. The lowest BCUT2D eigenvalue weighted by atomic mass is 9.83. The van der Waals surface area contributed by atoms with Gasteiger partial charge in [-0.2, -0.15) is 0 Å². The Kier molecular flexibility index (Phi) is 29.0. The zero-order valence-electron chi connectivity index (χ0n) is 67.5. The first kappa shape index (κ1) is 84.8. The third-order valence-electron chi connectivity index (χ3n) is 22.6. The molecule has 7 aliphatic rings. The van der Waals surface area contributed by atoms with Gasteiger partial charge in [0.05, 0.1) is 67.9 Å². The number of aliphatic imine (C=N–C) groups is 2. The zero-order chi connectivity index (χ0) is 82.1. The summed E-state index contributed by atoms with van der Waals surface area (Å²) in [6.07, 6.45) is 21.8. The van der Waals surface area contributed by atoms with Gasteiger partial charge in [0.2, 0.25) is 59.1 Å². The van der Waals surface area contributed by atoms with Crippen molar-refractivity contribution in [3.63, 3.8) is 0 Å². The molecule has 28 heteroatoms. The highest BCUT2D eigenvalue weighted by atomic mass is 16.5. The molecule has 1 saturated carbocycles. The molecule has 0 spiro atoms. The number of amides is 12. The number of nitrogens with zero attached hydrogens (tertiary/aromatic N) is 6. The fourth-order valence-corrected chi connectivity index (χ4v) is 15.8. The number of carbonyl (C=O) groups is 12. The Morgan fingerprint density at radius 1 is 0.470 bits per heavy atom. The molecule has 8 atom stereocenters. The molecule has 2 saturated heterocycles. The largest absolute Gasteiger partial charge is 0.493 e. The predicted octanol–water partition coefficient (Wildman–Crippen LogP) is 11.3. The number of imide groups is 2. The van der Waals surface area contributed by atoms with E-state index in [-0.39, 0.29) is 115 Å². The van der Waals surface area contributed by atoms with Crippen LogP contribution >= 0.6 is 0 Å². The summed E-state index contributed by atoms with van der Waals surface area (Å²) in [5.41, 5.74) is 5.84. The number of likely N-dealkylation sites (tertiary alicyclic amines) is 2. The second-order valence-electron chi connectivity index (χ2n) is 31.9. The minimum atomic E-state index is -0.945. The van der Waals surface area contributed by atoms with Gasteiger partial charge in [-0.1, -0.05) is 110 Å². The number of ether oxygens (including phenoxy) is 4. The SMILES string of the molecule is COc1cc2c(cc1OCCCOc1cc3c(cc1OC)C(=O)N1C=C(c4ccc(NC(=O)[C@H](C)NC(=O)[C@@H](NC(=O)CCCCCN5C(=O)CC(C6CCCCCCCC6)C5=O)C(C)C)cc4)C[C@H]1C=N3)N=C[C@@H]1CC(c3ccc(NC(=O)[C@H](C)NC(=O)[C@@H](NC(=O)CCCCCN4C(=O)CC(C)C4=O)C(C)C)cc3)=CN1C2=O. The molecule has 0 aromatic heterocycles. The van der Waals surface area contributed by atoms with Gasteiger partial charge in [-0.05, 0) is 129 Å². The summed E-state index contributed by atoms with van der Waals surface area (Å²) in [6.45, 7) is 13.2. The molecule has 4 aromatic carbocycles. The summed E-state index contributed by atoms with van der Waals surface area (Å²) < 4.78 is 23.9. The molecule has 12 amide bonds. The lowest BCUT2D eigenvalue weighted by Gasteiger charge is -2.24. The molecule has 11 rings (SSSR count). The van der Waals surface area contributed by atoms with Crippen molar-refractivity contribution in [2.24, 2.45) is 39.6 Å². The van der Waals surface area contributed by atoms with Gasteiger partial charge in [-0.25, -0.2) is 0 Å². The van der Waals surface area contributed by atoms with Crippen LogP contribution in [0.4, 0.5) is 22.7 Å². The van der Waals surface area contributed by atoms with Crippen LogP contribution < -0.4 is 50.8 Å². The maximum Gasteiger partial charge on any atom is 0.260 e. The van der Waals surface area contributed by atoms with Crippen LogP contribution in [-0.4, -0.2) is 180 Å². The zero-order valence-corrected chi connectivity index (χ0v) is 67.5. The van der Waals surface area contributed by atoms with E-state index in [9.17, 15) is 57.5 Å². The van der Waals surface area contributed by atoms with E-state index in [1.807, 2.05) is 38.1 Å².